The van der Waals surface area contributed by atoms with E-state index in [1.54, 1.807) is 12.1 Å². The van der Waals surface area contributed by atoms with Crippen molar-refractivity contribution in [1.29, 1.82) is 0 Å². The number of benzene rings is 1. The van der Waals surface area contributed by atoms with Crippen molar-refractivity contribution in [3.05, 3.63) is 35.4 Å². The van der Waals surface area contributed by atoms with E-state index in [9.17, 15) is 15.0 Å². The molecule has 1 aromatic rings. The molecule has 0 saturated carbocycles. The standard InChI is InChI=1S/C12H17N3O3/c13-14-12(18)9-3-1-8(2-4-9)5-15-6-10(16)11(17)7-15/h1-4,10-11,16-17H,5-7,13H2,(H,14,18). The Balaban J connectivity index is 1.97. The maximum Gasteiger partial charge on any atom is 0.265 e. The first kappa shape index (κ1) is 13.0. The summed E-state index contributed by atoms with van der Waals surface area (Å²) in [5, 5.41) is 18.9. The van der Waals surface area contributed by atoms with Gasteiger partial charge in [0.05, 0.1) is 12.2 Å². The van der Waals surface area contributed by atoms with Gasteiger partial charge in [0.25, 0.3) is 5.91 Å². The van der Waals surface area contributed by atoms with E-state index in [0.717, 1.165) is 5.56 Å². The number of nitrogens with two attached hydrogens (primary N) is 1. The Morgan fingerprint density at radius 2 is 1.83 bits per heavy atom. The third-order valence-corrected chi connectivity index (χ3v) is 3.09. The zero-order chi connectivity index (χ0) is 13.1. The number of likely N-dealkylation sites (tertiary alicyclic amines) is 1. The number of nitrogen functional groups attached to an aromatic ring is 1. The van der Waals surface area contributed by atoms with Crippen LogP contribution in [0.5, 0.6) is 0 Å². The normalized spacial score (nSPS) is 24.2. The summed E-state index contributed by atoms with van der Waals surface area (Å²) in [7, 11) is 0. The van der Waals surface area contributed by atoms with E-state index < -0.39 is 12.2 Å². The summed E-state index contributed by atoms with van der Waals surface area (Å²) in [5.41, 5.74) is 3.59. The van der Waals surface area contributed by atoms with Crippen LogP contribution in [0.1, 0.15) is 15.9 Å². The summed E-state index contributed by atoms with van der Waals surface area (Å²) in [6, 6.07) is 7.06. The maximum atomic E-state index is 11.2. The quantitative estimate of drug-likeness (QED) is 0.308. The molecule has 0 radical (unpaired) electrons. The van der Waals surface area contributed by atoms with Crippen molar-refractivity contribution < 1.29 is 15.0 Å². The fourth-order valence-corrected chi connectivity index (χ4v) is 2.08. The minimum atomic E-state index is -0.674. The van der Waals surface area contributed by atoms with Gasteiger partial charge in [-0.1, -0.05) is 12.1 Å². The third kappa shape index (κ3) is 2.85. The van der Waals surface area contributed by atoms with Crippen LogP contribution in [0.2, 0.25) is 0 Å². The van der Waals surface area contributed by atoms with Crippen molar-refractivity contribution in [1.82, 2.24) is 10.3 Å². The molecule has 0 bridgehead atoms. The Kier molecular flexibility index (Phi) is 3.93. The number of rotatable bonds is 3. The van der Waals surface area contributed by atoms with Crippen LogP contribution in [0.25, 0.3) is 0 Å². The van der Waals surface area contributed by atoms with Gasteiger partial charge in [0.15, 0.2) is 0 Å². The molecule has 1 heterocycles. The predicted octanol–water partition coefficient (Wildman–Crippen LogP) is -1.17. The Hall–Kier alpha value is -1.47. The molecular formula is C12H17N3O3. The van der Waals surface area contributed by atoms with Crippen molar-refractivity contribution in [3.8, 4) is 0 Å². The van der Waals surface area contributed by atoms with E-state index in [4.69, 9.17) is 5.84 Å². The van der Waals surface area contributed by atoms with Gasteiger partial charge >= 0.3 is 0 Å². The van der Waals surface area contributed by atoms with Crippen LogP contribution in [-0.2, 0) is 6.54 Å². The SMILES string of the molecule is NNC(=O)c1ccc(CN2CC(O)C(O)C2)cc1. The molecule has 6 nitrogen and oxygen atoms in total. The van der Waals surface area contributed by atoms with E-state index in [2.05, 4.69) is 5.43 Å². The number of nitrogens with zero attached hydrogens (tertiary/aromatic N) is 1. The first-order valence-corrected chi connectivity index (χ1v) is 5.78. The molecule has 1 amide bonds. The van der Waals surface area contributed by atoms with Gasteiger partial charge in [-0.15, -0.1) is 0 Å². The Bertz CT molecular complexity index is 411. The highest BCUT2D eigenvalue weighted by molar-refractivity contribution is 5.93. The molecule has 18 heavy (non-hydrogen) atoms. The van der Waals surface area contributed by atoms with E-state index >= 15 is 0 Å². The summed E-state index contributed by atoms with van der Waals surface area (Å²) in [4.78, 5) is 13.2. The zero-order valence-electron chi connectivity index (χ0n) is 9.91. The van der Waals surface area contributed by atoms with E-state index in [1.807, 2.05) is 17.0 Å². The number of nitrogens with one attached hydrogen (secondary N) is 1. The molecule has 2 atom stereocenters. The van der Waals surface area contributed by atoms with Crippen LogP contribution in [0.15, 0.2) is 24.3 Å². The highest BCUT2D eigenvalue weighted by Gasteiger charge is 2.29. The number of hydrogen-bond donors (Lipinski definition) is 4. The minimum absolute atomic E-state index is 0.325. The average Bonchev–Trinajstić information content (AvgIpc) is 2.68. The van der Waals surface area contributed by atoms with Crippen molar-refractivity contribution in [2.45, 2.75) is 18.8 Å². The molecule has 1 aliphatic heterocycles. The second kappa shape index (κ2) is 5.45. The number of aliphatic hydroxyl groups is 2. The van der Waals surface area contributed by atoms with Gasteiger partial charge < -0.3 is 10.2 Å². The minimum Gasteiger partial charge on any atom is -0.389 e. The van der Waals surface area contributed by atoms with Crippen LogP contribution >= 0.6 is 0 Å². The highest BCUT2D eigenvalue weighted by atomic mass is 16.3. The van der Waals surface area contributed by atoms with Crippen LogP contribution in [0, 0.1) is 0 Å². The van der Waals surface area contributed by atoms with E-state index in [1.165, 1.54) is 0 Å². The largest absolute Gasteiger partial charge is 0.389 e. The second-order valence-corrected chi connectivity index (χ2v) is 4.50. The highest BCUT2D eigenvalue weighted by Crippen LogP contribution is 2.14. The first-order valence-electron chi connectivity index (χ1n) is 5.78. The maximum absolute atomic E-state index is 11.2. The summed E-state index contributed by atoms with van der Waals surface area (Å²) in [6.07, 6.45) is -1.35. The summed E-state index contributed by atoms with van der Waals surface area (Å²) < 4.78 is 0. The van der Waals surface area contributed by atoms with E-state index in [-0.39, 0.29) is 5.91 Å². The summed E-state index contributed by atoms with van der Waals surface area (Å²) in [5.74, 6) is 4.72. The molecule has 2 rings (SSSR count). The number of amides is 1. The molecule has 0 aromatic heterocycles. The summed E-state index contributed by atoms with van der Waals surface area (Å²) in [6.45, 7) is 1.57. The fraction of sp³-hybridized carbons (Fsp3) is 0.417. The fourth-order valence-electron chi connectivity index (χ4n) is 2.08. The average molecular weight is 251 g/mol. The molecule has 1 fully saturated rings. The molecule has 6 heteroatoms. The van der Waals surface area contributed by atoms with Crippen molar-refractivity contribution >= 4 is 5.91 Å². The Morgan fingerprint density at radius 3 is 2.33 bits per heavy atom. The molecular weight excluding hydrogens is 234 g/mol. The van der Waals surface area contributed by atoms with Crippen LogP contribution in [0.4, 0.5) is 0 Å². The lowest BCUT2D eigenvalue weighted by Gasteiger charge is -2.14. The van der Waals surface area contributed by atoms with Gasteiger partial charge in [0, 0.05) is 25.2 Å². The zero-order valence-corrected chi connectivity index (χ0v) is 9.91. The van der Waals surface area contributed by atoms with E-state index in [0.29, 0.717) is 25.2 Å². The van der Waals surface area contributed by atoms with Crippen molar-refractivity contribution in [2.75, 3.05) is 13.1 Å². The monoisotopic (exact) mass is 251 g/mol. The van der Waals surface area contributed by atoms with Crippen molar-refractivity contribution in [2.24, 2.45) is 5.84 Å². The molecule has 1 saturated heterocycles. The molecule has 1 aliphatic rings. The number of hydrazine groups is 1. The second-order valence-electron chi connectivity index (χ2n) is 4.50. The van der Waals surface area contributed by atoms with Crippen LogP contribution < -0.4 is 11.3 Å². The molecule has 2 unspecified atom stereocenters. The molecule has 0 spiro atoms. The van der Waals surface area contributed by atoms with Gasteiger partial charge in [-0.05, 0) is 17.7 Å². The molecule has 5 N–H and O–H groups in total. The van der Waals surface area contributed by atoms with Gasteiger partial charge in [0.2, 0.25) is 0 Å². The third-order valence-electron chi connectivity index (χ3n) is 3.09. The lowest BCUT2D eigenvalue weighted by molar-refractivity contribution is 0.0572. The van der Waals surface area contributed by atoms with Crippen LogP contribution in [-0.4, -0.2) is 46.3 Å². The Labute approximate surface area is 105 Å². The molecule has 0 aliphatic carbocycles. The number of carbonyl (C=O) groups is 1. The van der Waals surface area contributed by atoms with Crippen LogP contribution in [0.3, 0.4) is 0 Å². The van der Waals surface area contributed by atoms with Gasteiger partial charge in [0.1, 0.15) is 0 Å². The lowest BCUT2D eigenvalue weighted by atomic mass is 10.1. The number of hydrogen-bond acceptors (Lipinski definition) is 5. The van der Waals surface area contributed by atoms with Crippen molar-refractivity contribution in [3.63, 3.8) is 0 Å². The number of β-amino-alcohol motifs (C(OH)–C–C–N with tert-alkyl or cyclic N) is 2. The number of carbonyl (C=O) groups excluding carboxylic acids is 1. The van der Waals surface area contributed by atoms with Gasteiger partial charge in [-0.3, -0.25) is 15.1 Å². The molecule has 98 valence electrons. The van der Waals surface area contributed by atoms with Gasteiger partial charge in [-0.2, -0.15) is 0 Å². The Morgan fingerprint density at radius 1 is 1.28 bits per heavy atom. The smallest absolute Gasteiger partial charge is 0.265 e. The summed E-state index contributed by atoms with van der Waals surface area (Å²) >= 11 is 0. The van der Waals surface area contributed by atoms with Gasteiger partial charge in [-0.25, -0.2) is 5.84 Å². The topological polar surface area (TPSA) is 98.8 Å². The predicted molar refractivity (Wildman–Crippen MR) is 65.4 cm³/mol. The molecule has 1 aromatic carbocycles. The number of aliphatic hydroxyl groups excluding tert-OH is 2. The lowest BCUT2D eigenvalue weighted by Crippen LogP contribution is -2.30. The first-order chi connectivity index (χ1) is 8.60.